The summed E-state index contributed by atoms with van der Waals surface area (Å²) in [4.78, 5) is 14.2. The number of carbonyl (C=O) groups excluding carboxylic acids is 1. The van der Waals surface area contributed by atoms with Crippen LogP contribution in [0.3, 0.4) is 0 Å². The van der Waals surface area contributed by atoms with Crippen molar-refractivity contribution in [2.75, 3.05) is 6.54 Å². The number of nitrogens with zero attached hydrogens (tertiary/aromatic N) is 1. The molecule has 0 bridgehead atoms. The topological polar surface area (TPSA) is 20.3 Å². The zero-order valence-electron chi connectivity index (χ0n) is 12.2. The van der Waals surface area contributed by atoms with Gasteiger partial charge in [0.05, 0.1) is 6.42 Å². The van der Waals surface area contributed by atoms with Crippen LogP contribution < -0.4 is 0 Å². The molecular weight excluding hydrogens is 284 g/mol. The van der Waals surface area contributed by atoms with Gasteiger partial charge in [-0.25, -0.2) is 8.78 Å². The van der Waals surface area contributed by atoms with Crippen LogP contribution >= 0.6 is 0 Å². The number of rotatable bonds is 2. The fourth-order valence-corrected chi connectivity index (χ4v) is 2.85. The highest BCUT2D eigenvalue weighted by Gasteiger charge is 2.19. The van der Waals surface area contributed by atoms with Crippen molar-refractivity contribution >= 4 is 5.91 Å². The summed E-state index contributed by atoms with van der Waals surface area (Å²) in [5.41, 5.74) is 2.95. The lowest BCUT2D eigenvalue weighted by molar-refractivity contribution is -0.131. The number of benzene rings is 2. The Morgan fingerprint density at radius 1 is 1.05 bits per heavy atom. The molecule has 114 valence electrons. The van der Waals surface area contributed by atoms with Crippen LogP contribution in [0, 0.1) is 11.6 Å². The van der Waals surface area contributed by atoms with E-state index in [9.17, 15) is 13.6 Å². The number of aryl methyl sites for hydroxylation is 1. The Bertz CT molecular complexity index is 699. The highest BCUT2D eigenvalue weighted by atomic mass is 19.2. The zero-order chi connectivity index (χ0) is 15.5. The number of halogens is 2. The van der Waals surface area contributed by atoms with Gasteiger partial charge < -0.3 is 4.90 Å². The number of carbonyl (C=O) groups is 1. The van der Waals surface area contributed by atoms with E-state index in [0.29, 0.717) is 18.7 Å². The van der Waals surface area contributed by atoms with E-state index in [-0.39, 0.29) is 12.3 Å². The summed E-state index contributed by atoms with van der Waals surface area (Å²) in [6, 6.07) is 11.7. The molecule has 0 aromatic heterocycles. The minimum Gasteiger partial charge on any atom is -0.338 e. The summed E-state index contributed by atoms with van der Waals surface area (Å²) in [7, 11) is 0. The van der Waals surface area contributed by atoms with E-state index in [2.05, 4.69) is 6.07 Å². The van der Waals surface area contributed by atoms with E-state index in [1.54, 1.807) is 4.90 Å². The number of fused-ring (bicyclic) bond motifs is 1. The molecule has 1 heterocycles. The first kappa shape index (κ1) is 14.7. The van der Waals surface area contributed by atoms with Crippen LogP contribution in [0.25, 0.3) is 0 Å². The van der Waals surface area contributed by atoms with Crippen LogP contribution in [0.4, 0.5) is 8.78 Å². The maximum Gasteiger partial charge on any atom is 0.227 e. The van der Waals surface area contributed by atoms with E-state index < -0.39 is 11.6 Å². The van der Waals surface area contributed by atoms with Crippen LogP contribution in [0.15, 0.2) is 42.5 Å². The molecule has 22 heavy (non-hydrogen) atoms. The molecule has 2 nitrogen and oxygen atoms in total. The molecule has 2 aromatic carbocycles. The summed E-state index contributed by atoms with van der Waals surface area (Å²) in [6.07, 6.45) is 1.98. The molecule has 0 saturated carbocycles. The Morgan fingerprint density at radius 3 is 2.59 bits per heavy atom. The van der Waals surface area contributed by atoms with Crippen molar-refractivity contribution in [1.29, 1.82) is 0 Å². The summed E-state index contributed by atoms with van der Waals surface area (Å²) in [5, 5.41) is 0. The largest absolute Gasteiger partial charge is 0.338 e. The standard InChI is InChI=1S/C18H17F2NO/c19-16-8-7-13(10-17(16)20)11-18(22)21-9-3-6-14-4-1-2-5-15(14)12-21/h1-2,4-5,7-8,10H,3,6,9,11-12H2. The van der Waals surface area contributed by atoms with Crippen LogP contribution in [0.2, 0.25) is 0 Å². The molecular formula is C18H17F2NO. The molecule has 0 spiro atoms. The van der Waals surface area contributed by atoms with Crippen molar-refractivity contribution in [2.45, 2.75) is 25.8 Å². The molecule has 0 saturated heterocycles. The van der Waals surface area contributed by atoms with Gasteiger partial charge in [-0.05, 0) is 41.7 Å². The van der Waals surface area contributed by atoms with Crippen molar-refractivity contribution in [3.8, 4) is 0 Å². The molecule has 0 aliphatic carbocycles. The first-order valence-corrected chi connectivity index (χ1v) is 7.42. The third kappa shape index (κ3) is 3.16. The van der Waals surface area contributed by atoms with E-state index >= 15 is 0 Å². The third-order valence-electron chi connectivity index (χ3n) is 4.05. The average molecular weight is 301 g/mol. The Morgan fingerprint density at radius 2 is 1.82 bits per heavy atom. The van der Waals surface area contributed by atoms with Crippen molar-refractivity contribution in [2.24, 2.45) is 0 Å². The van der Waals surface area contributed by atoms with Gasteiger partial charge in [0.15, 0.2) is 11.6 Å². The summed E-state index contributed by atoms with van der Waals surface area (Å²) in [5.74, 6) is -1.85. The quantitative estimate of drug-likeness (QED) is 0.831. The molecule has 1 aliphatic heterocycles. The zero-order valence-corrected chi connectivity index (χ0v) is 12.2. The molecule has 1 amide bonds. The van der Waals surface area contributed by atoms with E-state index in [1.165, 1.54) is 17.2 Å². The van der Waals surface area contributed by atoms with Gasteiger partial charge in [0.1, 0.15) is 0 Å². The normalized spacial score (nSPS) is 14.4. The molecule has 3 rings (SSSR count). The second-order valence-electron chi connectivity index (χ2n) is 5.61. The fraction of sp³-hybridized carbons (Fsp3) is 0.278. The van der Waals surface area contributed by atoms with E-state index in [0.717, 1.165) is 25.0 Å². The molecule has 0 radical (unpaired) electrons. The first-order valence-electron chi connectivity index (χ1n) is 7.42. The van der Waals surface area contributed by atoms with Gasteiger partial charge in [-0.1, -0.05) is 30.3 Å². The van der Waals surface area contributed by atoms with Crippen LogP contribution in [0.5, 0.6) is 0 Å². The van der Waals surface area contributed by atoms with Crippen LogP contribution in [0.1, 0.15) is 23.1 Å². The summed E-state index contributed by atoms with van der Waals surface area (Å²) < 4.78 is 26.2. The van der Waals surface area contributed by atoms with Crippen molar-refractivity contribution in [3.05, 3.63) is 70.8 Å². The predicted molar refractivity (Wildman–Crippen MR) is 80.2 cm³/mol. The van der Waals surface area contributed by atoms with Gasteiger partial charge in [0.2, 0.25) is 5.91 Å². The van der Waals surface area contributed by atoms with Gasteiger partial charge in [0, 0.05) is 13.1 Å². The summed E-state index contributed by atoms with van der Waals surface area (Å²) in [6.45, 7) is 1.27. The Hall–Kier alpha value is -2.23. The molecule has 0 unspecified atom stereocenters. The Labute approximate surface area is 128 Å². The SMILES string of the molecule is O=C(Cc1ccc(F)c(F)c1)N1CCCc2ccccc2C1. The van der Waals surface area contributed by atoms with Gasteiger partial charge in [-0.15, -0.1) is 0 Å². The first-order chi connectivity index (χ1) is 10.6. The number of amides is 1. The third-order valence-corrected chi connectivity index (χ3v) is 4.05. The van der Waals surface area contributed by atoms with Gasteiger partial charge in [0.25, 0.3) is 0 Å². The Balaban J connectivity index is 1.73. The van der Waals surface area contributed by atoms with Crippen LogP contribution in [-0.4, -0.2) is 17.4 Å². The number of hydrogen-bond donors (Lipinski definition) is 0. The predicted octanol–water partition coefficient (Wildman–Crippen LogP) is 3.48. The fourth-order valence-electron chi connectivity index (χ4n) is 2.85. The maximum absolute atomic E-state index is 13.2. The molecule has 2 aromatic rings. The minimum atomic E-state index is -0.911. The van der Waals surface area contributed by atoms with Crippen LogP contribution in [-0.2, 0) is 24.2 Å². The number of hydrogen-bond acceptors (Lipinski definition) is 1. The maximum atomic E-state index is 13.2. The second kappa shape index (κ2) is 6.26. The van der Waals surface area contributed by atoms with Gasteiger partial charge in [-0.2, -0.15) is 0 Å². The van der Waals surface area contributed by atoms with Gasteiger partial charge >= 0.3 is 0 Å². The molecule has 4 heteroatoms. The van der Waals surface area contributed by atoms with Gasteiger partial charge in [-0.3, -0.25) is 4.79 Å². The Kier molecular flexibility index (Phi) is 4.18. The lowest BCUT2D eigenvalue weighted by Crippen LogP contribution is -2.32. The smallest absolute Gasteiger partial charge is 0.227 e. The molecule has 0 N–H and O–H groups in total. The highest BCUT2D eigenvalue weighted by Crippen LogP contribution is 2.19. The molecule has 0 atom stereocenters. The second-order valence-corrected chi connectivity index (χ2v) is 5.61. The van der Waals surface area contributed by atoms with E-state index in [4.69, 9.17) is 0 Å². The summed E-state index contributed by atoms with van der Waals surface area (Å²) >= 11 is 0. The van der Waals surface area contributed by atoms with Crippen molar-refractivity contribution < 1.29 is 13.6 Å². The molecule has 0 fully saturated rings. The lowest BCUT2D eigenvalue weighted by Gasteiger charge is -2.21. The lowest BCUT2D eigenvalue weighted by atomic mass is 10.0. The van der Waals surface area contributed by atoms with E-state index in [1.807, 2.05) is 18.2 Å². The molecule has 1 aliphatic rings. The van der Waals surface area contributed by atoms with Crippen molar-refractivity contribution in [1.82, 2.24) is 4.90 Å². The average Bonchev–Trinajstić information content (AvgIpc) is 2.73. The highest BCUT2D eigenvalue weighted by molar-refractivity contribution is 5.78. The monoisotopic (exact) mass is 301 g/mol. The minimum absolute atomic E-state index is 0.0530. The van der Waals surface area contributed by atoms with Crippen molar-refractivity contribution in [3.63, 3.8) is 0 Å².